The molecule has 9 nitrogen and oxygen atoms in total. The van der Waals surface area contributed by atoms with Gasteiger partial charge in [0.15, 0.2) is 0 Å². The van der Waals surface area contributed by atoms with Crippen LogP contribution in [0.25, 0.3) is 0 Å². The summed E-state index contributed by atoms with van der Waals surface area (Å²) < 4.78 is 28.2. The lowest BCUT2D eigenvalue weighted by molar-refractivity contribution is 0.313. The lowest BCUT2D eigenvalue weighted by Gasteiger charge is -2.34. The zero-order valence-corrected chi connectivity index (χ0v) is 23.3. The van der Waals surface area contributed by atoms with Gasteiger partial charge in [-0.2, -0.15) is 4.98 Å². The average molecular weight is 564 g/mol. The maximum absolute atomic E-state index is 12.8. The highest BCUT2D eigenvalue weighted by Crippen LogP contribution is 2.30. The fourth-order valence-corrected chi connectivity index (χ4v) is 5.51. The Labute approximate surface area is 233 Å². The monoisotopic (exact) mass is 563 g/mol. The van der Waals surface area contributed by atoms with E-state index in [2.05, 4.69) is 54.3 Å². The van der Waals surface area contributed by atoms with Gasteiger partial charge in [0.25, 0.3) is 10.0 Å². The second-order valence-electron chi connectivity index (χ2n) is 9.43. The minimum Gasteiger partial charge on any atom is -0.369 e. The molecule has 2 heterocycles. The summed E-state index contributed by atoms with van der Waals surface area (Å²) in [4.78, 5) is 13.9. The summed E-state index contributed by atoms with van der Waals surface area (Å²) in [5.41, 5.74) is 3.78. The van der Waals surface area contributed by atoms with Crippen LogP contribution in [-0.2, 0) is 10.0 Å². The maximum atomic E-state index is 12.8. The smallest absolute Gasteiger partial charge is 0.261 e. The molecule has 1 aliphatic rings. The molecule has 0 atom stereocenters. The zero-order chi connectivity index (χ0) is 27.4. The van der Waals surface area contributed by atoms with Crippen molar-refractivity contribution in [3.63, 3.8) is 0 Å². The quantitative estimate of drug-likeness (QED) is 0.259. The normalized spacial score (nSPS) is 14.2. The predicted octanol–water partition coefficient (Wildman–Crippen LogP) is 5.48. The molecule has 39 heavy (non-hydrogen) atoms. The van der Waals surface area contributed by atoms with Crippen LogP contribution in [0.2, 0.25) is 5.02 Å². The maximum Gasteiger partial charge on any atom is 0.261 e. The number of rotatable bonds is 8. The van der Waals surface area contributed by atoms with Crippen molar-refractivity contribution in [2.45, 2.75) is 11.8 Å². The van der Waals surface area contributed by atoms with E-state index in [1.807, 2.05) is 19.1 Å². The Hall–Kier alpha value is -3.86. The summed E-state index contributed by atoms with van der Waals surface area (Å²) in [6.45, 7) is 6.03. The fraction of sp³-hybridized carbons (Fsp3) is 0.214. The second kappa shape index (κ2) is 11.5. The minimum absolute atomic E-state index is 0.151. The van der Waals surface area contributed by atoms with Gasteiger partial charge in [0.2, 0.25) is 5.95 Å². The van der Waals surface area contributed by atoms with E-state index >= 15 is 0 Å². The summed E-state index contributed by atoms with van der Waals surface area (Å²) in [5, 5.41) is 6.79. The number of aromatic nitrogens is 2. The van der Waals surface area contributed by atoms with Gasteiger partial charge in [0.05, 0.1) is 15.6 Å². The summed E-state index contributed by atoms with van der Waals surface area (Å²) in [7, 11) is -1.64. The number of nitrogens with zero attached hydrogens (tertiary/aromatic N) is 4. The lowest BCUT2D eigenvalue weighted by Crippen LogP contribution is -2.44. The van der Waals surface area contributed by atoms with E-state index in [4.69, 9.17) is 11.6 Å². The highest BCUT2D eigenvalue weighted by atomic mass is 35.5. The molecule has 1 fully saturated rings. The van der Waals surface area contributed by atoms with E-state index in [0.29, 0.717) is 17.5 Å². The van der Waals surface area contributed by atoms with E-state index in [1.54, 1.807) is 42.6 Å². The zero-order valence-electron chi connectivity index (χ0n) is 21.7. The number of halogens is 1. The van der Waals surface area contributed by atoms with Gasteiger partial charge >= 0.3 is 0 Å². The molecule has 1 aliphatic heterocycles. The number of nitrogens with one attached hydrogen (secondary N) is 3. The highest BCUT2D eigenvalue weighted by Gasteiger charge is 2.17. The fourth-order valence-electron chi connectivity index (χ4n) is 4.20. The molecule has 0 saturated carbocycles. The Morgan fingerprint density at radius 3 is 2.28 bits per heavy atom. The van der Waals surface area contributed by atoms with Crippen molar-refractivity contribution in [1.29, 1.82) is 0 Å². The Balaban J connectivity index is 1.29. The predicted molar refractivity (Wildman–Crippen MR) is 158 cm³/mol. The molecule has 0 unspecified atom stereocenters. The van der Waals surface area contributed by atoms with E-state index < -0.39 is 10.0 Å². The molecule has 11 heteroatoms. The number of sulfonamides is 1. The van der Waals surface area contributed by atoms with Crippen LogP contribution in [0.4, 0.5) is 34.5 Å². The molecule has 0 radical (unpaired) electrons. The van der Waals surface area contributed by atoms with Crippen LogP contribution in [0, 0.1) is 6.92 Å². The van der Waals surface area contributed by atoms with Crippen LogP contribution in [0.3, 0.4) is 0 Å². The number of likely N-dealkylation sites (N-methyl/N-ethyl adjacent to an activating group) is 1. The van der Waals surface area contributed by atoms with E-state index in [1.165, 1.54) is 17.8 Å². The molecule has 1 saturated heterocycles. The summed E-state index contributed by atoms with van der Waals surface area (Å²) in [5.74, 6) is 1.02. The molecular weight excluding hydrogens is 534 g/mol. The average Bonchev–Trinajstić information content (AvgIpc) is 2.94. The number of benzene rings is 3. The van der Waals surface area contributed by atoms with Crippen molar-refractivity contribution in [1.82, 2.24) is 14.9 Å². The SMILES string of the molecule is Cc1cnc(Nc2ccc(N3CCN(C)CC3)cc2)nc1Nc1ccc(Cl)c(NS(=O)(=O)c2ccccc2)c1. The molecule has 3 N–H and O–H groups in total. The topological polar surface area (TPSA) is 102 Å². The molecular formula is C28H30ClN7O2S. The molecule has 0 bridgehead atoms. The number of anilines is 6. The molecule has 0 amide bonds. The third-order valence-corrected chi connectivity index (χ3v) is 8.20. The summed E-state index contributed by atoms with van der Waals surface area (Å²) in [6.07, 6.45) is 1.73. The molecule has 0 aliphatic carbocycles. The highest BCUT2D eigenvalue weighted by molar-refractivity contribution is 7.92. The number of hydrogen-bond acceptors (Lipinski definition) is 8. The Morgan fingerprint density at radius 2 is 1.56 bits per heavy atom. The molecule has 0 spiro atoms. The van der Waals surface area contributed by atoms with Gasteiger partial charge in [-0.15, -0.1) is 0 Å². The van der Waals surface area contributed by atoms with Crippen LogP contribution >= 0.6 is 11.6 Å². The van der Waals surface area contributed by atoms with Gasteiger partial charge in [-0.3, -0.25) is 4.72 Å². The van der Waals surface area contributed by atoms with E-state index in [0.717, 1.165) is 37.4 Å². The van der Waals surface area contributed by atoms with Gasteiger partial charge in [-0.1, -0.05) is 29.8 Å². The van der Waals surface area contributed by atoms with Gasteiger partial charge < -0.3 is 20.4 Å². The van der Waals surface area contributed by atoms with Crippen LogP contribution in [0.1, 0.15) is 5.56 Å². The number of piperazine rings is 1. The first kappa shape index (κ1) is 26.7. The number of aryl methyl sites for hydroxylation is 1. The Kier molecular flexibility index (Phi) is 7.87. The minimum atomic E-state index is -3.79. The third-order valence-electron chi connectivity index (χ3n) is 6.49. The van der Waals surface area contributed by atoms with Crippen LogP contribution in [-0.4, -0.2) is 56.5 Å². The summed E-state index contributed by atoms with van der Waals surface area (Å²) in [6, 6.07) is 21.4. The van der Waals surface area contributed by atoms with Gasteiger partial charge in [0, 0.05) is 55.0 Å². The van der Waals surface area contributed by atoms with Gasteiger partial charge in [0.1, 0.15) is 5.82 Å². The summed E-state index contributed by atoms with van der Waals surface area (Å²) >= 11 is 6.31. The third kappa shape index (κ3) is 6.59. The van der Waals surface area contributed by atoms with Crippen molar-refractivity contribution in [2.75, 3.05) is 53.5 Å². The largest absolute Gasteiger partial charge is 0.369 e. The van der Waals surface area contributed by atoms with Crippen molar-refractivity contribution in [3.8, 4) is 0 Å². The molecule has 1 aromatic heterocycles. The first-order chi connectivity index (χ1) is 18.8. The van der Waals surface area contributed by atoms with Crippen molar-refractivity contribution in [3.05, 3.63) is 89.6 Å². The Bertz CT molecular complexity index is 1540. The second-order valence-corrected chi connectivity index (χ2v) is 11.5. The molecule has 5 rings (SSSR count). The number of hydrogen-bond donors (Lipinski definition) is 3. The van der Waals surface area contributed by atoms with Gasteiger partial charge in [-0.05, 0) is 68.6 Å². The van der Waals surface area contributed by atoms with Crippen molar-refractivity contribution in [2.24, 2.45) is 0 Å². The first-order valence-electron chi connectivity index (χ1n) is 12.6. The van der Waals surface area contributed by atoms with Crippen molar-refractivity contribution < 1.29 is 8.42 Å². The first-order valence-corrected chi connectivity index (χ1v) is 14.4. The van der Waals surface area contributed by atoms with Crippen LogP contribution in [0.15, 0.2) is 83.9 Å². The van der Waals surface area contributed by atoms with Crippen LogP contribution in [0.5, 0.6) is 0 Å². The standard InChI is InChI=1S/C28H30ClN7O2S/c1-20-19-30-28(32-21-8-11-23(12-9-21)36-16-14-35(2)15-17-36)33-27(20)31-22-10-13-25(29)26(18-22)34-39(37,38)24-6-4-3-5-7-24/h3-13,18-19,34H,14-17H2,1-2H3,(H2,30,31,32,33). The lowest BCUT2D eigenvalue weighted by atomic mass is 10.2. The molecule has 4 aromatic rings. The van der Waals surface area contributed by atoms with E-state index in [9.17, 15) is 8.42 Å². The van der Waals surface area contributed by atoms with E-state index in [-0.39, 0.29) is 15.6 Å². The van der Waals surface area contributed by atoms with Crippen LogP contribution < -0.4 is 20.3 Å². The molecule has 3 aromatic carbocycles. The Morgan fingerprint density at radius 1 is 0.872 bits per heavy atom. The van der Waals surface area contributed by atoms with Gasteiger partial charge in [-0.25, -0.2) is 13.4 Å². The molecule has 202 valence electrons. The van der Waals surface area contributed by atoms with Crippen molar-refractivity contribution >= 4 is 56.1 Å².